The van der Waals surface area contributed by atoms with E-state index in [0.717, 1.165) is 29.5 Å². The van der Waals surface area contributed by atoms with E-state index < -0.39 is 15.9 Å². The summed E-state index contributed by atoms with van der Waals surface area (Å²) >= 11 is 1.46. The van der Waals surface area contributed by atoms with E-state index in [2.05, 4.69) is 24.0 Å². The van der Waals surface area contributed by atoms with Crippen LogP contribution in [0.1, 0.15) is 35.7 Å². The van der Waals surface area contributed by atoms with Gasteiger partial charge in [-0.1, -0.05) is 24.3 Å². The molecular formula is C23H27N3O4S2. The van der Waals surface area contributed by atoms with Crippen LogP contribution in [0.15, 0.2) is 52.4 Å². The lowest BCUT2D eigenvalue weighted by Gasteiger charge is -2.20. The van der Waals surface area contributed by atoms with Crippen LogP contribution in [0.3, 0.4) is 0 Å². The van der Waals surface area contributed by atoms with Crippen LogP contribution >= 0.6 is 11.3 Å². The van der Waals surface area contributed by atoms with Crippen LogP contribution in [0.25, 0.3) is 10.2 Å². The highest BCUT2D eigenvalue weighted by Gasteiger charge is 2.26. The molecule has 32 heavy (non-hydrogen) atoms. The topological polar surface area (TPSA) is 81.0 Å². The predicted molar refractivity (Wildman–Crippen MR) is 125 cm³/mol. The van der Waals surface area contributed by atoms with E-state index in [1.165, 1.54) is 45.5 Å². The number of carbonyl (C=O) groups is 1. The second kappa shape index (κ2) is 9.27. The van der Waals surface area contributed by atoms with Crippen molar-refractivity contribution in [2.75, 3.05) is 20.2 Å². The summed E-state index contributed by atoms with van der Waals surface area (Å²) in [5, 5.41) is 0. The van der Waals surface area contributed by atoms with Crippen LogP contribution in [0.4, 0.5) is 0 Å². The minimum absolute atomic E-state index is 0.0649. The Bertz CT molecular complexity index is 1300. The van der Waals surface area contributed by atoms with Crippen molar-refractivity contribution in [3.63, 3.8) is 0 Å². The molecule has 2 heterocycles. The molecule has 3 aromatic rings. The van der Waals surface area contributed by atoms with Gasteiger partial charge < -0.3 is 9.30 Å². The summed E-state index contributed by atoms with van der Waals surface area (Å²) in [7, 11) is -0.212. The van der Waals surface area contributed by atoms with Crippen LogP contribution in [-0.4, -0.2) is 49.5 Å². The van der Waals surface area contributed by atoms with Crippen LogP contribution in [0, 0.1) is 0 Å². The SMILES string of the molecule is CCc1ccc2c(c1)sc(=NC(=O)c1ccc(S(=O)(=O)N(C)CC3CCCO3)cc1)n2C. The van der Waals surface area contributed by atoms with Gasteiger partial charge in [-0.15, -0.1) is 0 Å². The molecule has 0 N–H and O–H groups in total. The monoisotopic (exact) mass is 473 g/mol. The Morgan fingerprint density at radius 1 is 1.25 bits per heavy atom. The lowest BCUT2D eigenvalue weighted by Crippen LogP contribution is -2.34. The normalized spacial score (nSPS) is 17.5. The maximum absolute atomic E-state index is 12.8. The minimum Gasteiger partial charge on any atom is -0.377 e. The first kappa shape index (κ1) is 22.8. The van der Waals surface area contributed by atoms with Crippen molar-refractivity contribution in [3.8, 4) is 0 Å². The number of carbonyl (C=O) groups excluding carboxylic acids is 1. The van der Waals surface area contributed by atoms with E-state index in [4.69, 9.17) is 4.74 Å². The van der Waals surface area contributed by atoms with Crippen LogP contribution in [0.2, 0.25) is 0 Å². The molecule has 1 amide bonds. The summed E-state index contributed by atoms with van der Waals surface area (Å²) in [6.45, 7) is 3.10. The van der Waals surface area contributed by atoms with Gasteiger partial charge in [0.15, 0.2) is 4.80 Å². The maximum Gasteiger partial charge on any atom is 0.279 e. The van der Waals surface area contributed by atoms with Gasteiger partial charge in [-0.3, -0.25) is 4.79 Å². The van der Waals surface area contributed by atoms with Crippen molar-refractivity contribution >= 4 is 37.5 Å². The minimum atomic E-state index is -3.65. The number of sulfonamides is 1. The molecule has 0 radical (unpaired) electrons. The molecule has 1 saturated heterocycles. The number of amides is 1. The van der Waals surface area contributed by atoms with Gasteiger partial charge >= 0.3 is 0 Å². The Hall–Kier alpha value is -2.33. The molecule has 0 saturated carbocycles. The van der Waals surface area contributed by atoms with E-state index in [0.29, 0.717) is 23.5 Å². The highest BCUT2D eigenvalue weighted by atomic mass is 32.2. The molecule has 7 nitrogen and oxygen atoms in total. The second-order valence-corrected chi connectivity index (χ2v) is 11.0. The Balaban J connectivity index is 1.55. The van der Waals surface area contributed by atoms with Crippen molar-refractivity contribution in [1.82, 2.24) is 8.87 Å². The molecule has 2 aromatic carbocycles. The number of likely N-dealkylation sites (N-methyl/N-ethyl adjacent to an activating group) is 1. The summed E-state index contributed by atoms with van der Waals surface area (Å²) in [6.07, 6.45) is 2.70. The lowest BCUT2D eigenvalue weighted by atomic mass is 10.2. The van der Waals surface area contributed by atoms with Crippen molar-refractivity contribution in [2.45, 2.75) is 37.2 Å². The molecule has 0 bridgehead atoms. The zero-order chi connectivity index (χ0) is 22.9. The predicted octanol–water partition coefficient (Wildman–Crippen LogP) is 3.34. The summed E-state index contributed by atoms with van der Waals surface area (Å²) in [5.41, 5.74) is 2.60. The third-order valence-corrected chi connectivity index (χ3v) is 8.71. The second-order valence-electron chi connectivity index (χ2n) is 7.96. The van der Waals surface area contributed by atoms with E-state index in [-0.39, 0.29) is 11.0 Å². The van der Waals surface area contributed by atoms with Gasteiger partial charge in [0.1, 0.15) is 0 Å². The number of hydrogen-bond donors (Lipinski definition) is 0. The summed E-state index contributed by atoms with van der Waals surface area (Å²) in [5.74, 6) is -0.403. The van der Waals surface area contributed by atoms with Crippen LogP contribution < -0.4 is 4.80 Å². The van der Waals surface area contributed by atoms with Crippen molar-refractivity contribution in [3.05, 3.63) is 58.4 Å². The van der Waals surface area contributed by atoms with Gasteiger partial charge in [0.25, 0.3) is 5.91 Å². The van der Waals surface area contributed by atoms with Crippen molar-refractivity contribution in [2.24, 2.45) is 12.0 Å². The zero-order valence-electron chi connectivity index (χ0n) is 18.4. The molecule has 4 rings (SSSR count). The quantitative estimate of drug-likeness (QED) is 0.550. The molecule has 1 atom stereocenters. The first-order chi connectivity index (χ1) is 15.3. The number of hydrogen-bond acceptors (Lipinski definition) is 5. The summed E-state index contributed by atoms with van der Waals surface area (Å²) in [4.78, 5) is 17.8. The van der Waals surface area contributed by atoms with Gasteiger partial charge in [-0.2, -0.15) is 9.30 Å². The first-order valence-corrected chi connectivity index (χ1v) is 12.9. The molecule has 1 aliphatic heterocycles. The molecule has 0 aliphatic carbocycles. The molecule has 1 aromatic heterocycles. The summed E-state index contributed by atoms with van der Waals surface area (Å²) in [6, 6.07) is 12.2. The Kier molecular flexibility index (Phi) is 6.62. The molecule has 0 spiro atoms. The van der Waals surface area contributed by atoms with Crippen LogP contribution in [0.5, 0.6) is 0 Å². The number of aryl methyl sites for hydroxylation is 2. The number of benzene rings is 2. The third kappa shape index (κ3) is 4.56. The van der Waals surface area contributed by atoms with Gasteiger partial charge in [0, 0.05) is 32.8 Å². The van der Waals surface area contributed by atoms with E-state index in [1.54, 1.807) is 7.05 Å². The van der Waals surface area contributed by atoms with Gasteiger partial charge in [-0.25, -0.2) is 8.42 Å². The average molecular weight is 474 g/mol. The Morgan fingerprint density at radius 2 is 2.00 bits per heavy atom. The van der Waals surface area contributed by atoms with E-state index in [9.17, 15) is 13.2 Å². The number of thiazole rings is 1. The first-order valence-electron chi connectivity index (χ1n) is 10.6. The van der Waals surface area contributed by atoms with Gasteiger partial charge in [0.05, 0.1) is 21.2 Å². The molecule has 170 valence electrons. The summed E-state index contributed by atoms with van der Waals surface area (Å²) < 4.78 is 35.5. The molecular weight excluding hydrogens is 446 g/mol. The molecule has 1 aliphatic rings. The Labute approximate surface area is 192 Å². The lowest BCUT2D eigenvalue weighted by molar-refractivity contribution is 0.0979. The fourth-order valence-corrected chi connectivity index (χ4v) is 6.06. The smallest absolute Gasteiger partial charge is 0.279 e. The van der Waals surface area contributed by atoms with E-state index >= 15 is 0 Å². The maximum atomic E-state index is 12.8. The standard InChI is InChI=1S/C23H27N3O4S2/c1-4-16-7-12-20-21(14-16)31-23(26(20)3)24-22(27)17-8-10-19(11-9-17)32(28,29)25(2)15-18-6-5-13-30-18/h7-12,14,18H,4-6,13,15H2,1-3H3. The molecule has 1 fully saturated rings. The fourth-order valence-electron chi connectivity index (χ4n) is 3.78. The number of nitrogens with zero attached hydrogens (tertiary/aromatic N) is 3. The van der Waals surface area contributed by atoms with Gasteiger partial charge in [-0.05, 0) is 61.2 Å². The number of ether oxygens (including phenoxy) is 1. The molecule has 1 unspecified atom stereocenters. The van der Waals surface area contributed by atoms with E-state index in [1.807, 2.05) is 17.7 Å². The zero-order valence-corrected chi connectivity index (χ0v) is 20.1. The number of aromatic nitrogens is 1. The largest absolute Gasteiger partial charge is 0.377 e. The van der Waals surface area contributed by atoms with Crippen LogP contribution in [-0.2, 0) is 28.2 Å². The fraction of sp³-hybridized carbons (Fsp3) is 0.391. The average Bonchev–Trinajstić information content (AvgIpc) is 3.41. The Morgan fingerprint density at radius 3 is 2.66 bits per heavy atom. The molecule has 9 heteroatoms. The van der Waals surface area contributed by atoms with Gasteiger partial charge in [0.2, 0.25) is 10.0 Å². The highest BCUT2D eigenvalue weighted by molar-refractivity contribution is 7.89. The van der Waals surface area contributed by atoms with Crippen molar-refractivity contribution in [1.29, 1.82) is 0 Å². The number of rotatable bonds is 6. The third-order valence-electron chi connectivity index (χ3n) is 5.77. The highest BCUT2D eigenvalue weighted by Crippen LogP contribution is 2.21. The number of fused-ring (bicyclic) bond motifs is 1. The van der Waals surface area contributed by atoms with Crippen molar-refractivity contribution < 1.29 is 17.9 Å².